The van der Waals surface area contributed by atoms with Crippen LogP contribution in [0.5, 0.6) is 0 Å². The first-order chi connectivity index (χ1) is 16.4. The highest BCUT2D eigenvalue weighted by atomic mass is 35.5. The summed E-state index contributed by atoms with van der Waals surface area (Å²) in [6, 6.07) is 8.33. The van der Waals surface area contributed by atoms with Gasteiger partial charge in [-0.1, -0.05) is 30.3 Å². The minimum Gasteiger partial charge on any atom is -0.412 e. The van der Waals surface area contributed by atoms with Gasteiger partial charge >= 0.3 is 0 Å². The predicted octanol–water partition coefficient (Wildman–Crippen LogP) is 1.53. The van der Waals surface area contributed by atoms with E-state index < -0.39 is 18.0 Å². The van der Waals surface area contributed by atoms with E-state index in [4.69, 9.17) is 11.5 Å². The molecule has 2 atom stereocenters. The van der Waals surface area contributed by atoms with Crippen LogP contribution in [0.3, 0.4) is 0 Å². The Morgan fingerprint density at radius 1 is 1.06 bits per heavy atom. The lowest BCUT2D eigenvalue weighted by Crippen LogP contribution is -2.64. The average Bonchev–Trinajstić information content (AvgIpc) is 2.82. The molecular formula is C26H41ClN4O4S. The summed E-state index contributed by atoms with van der Waals surface area (Å²) in [4.78, 5) is 40.7. The number of hydrogen-bond donors (Lipinski definition) is 3. The Hall–Kier alpha value is -1.81. The number of carbonyl (C=O) groups is 3. The van der Waals surface area contributed by atoms with E-state index in [1.807, 2.05) is 36.6 Å². The van der Waals surface area contributed by atoms with Gasteiger partial charge in [-0.15, -0.1) is 12.4 Å². The molecule has 0 saturated heterocycles. The van der Waals surface area contributed by atoms with E-state index in [1.165, 1.54) is 6.42 Å². The van der Waals surface area contributed by atoms with Crippen molar-refractivity contribution in [1.29, 1.82) is 0 Å². The van der Waals surface area contributed by atoms with Gasteiger partial charge in [-0.2, -0.15) is 11.8 Å². The molecule has 4 saturated carbocycles. The van der Waals surface area contributed by atoms with Crippen LogP contribution in [0.25, 0.3) is 0 Å². The van der Waals surface area contributed by atoms with E-state index >= 15 is 0 Å². The Morgan fingerprint density at radius 2 is 1.64 bits per heavy atom. The van der Waals surface area contributed by atoms with Crippen molar-refractivity contribution < 1.29 is 19.9 Å². The van der Waals surface area contributed by atoms with Crippen LogP contribution in [0.15, 0.2) is 30.3 Å². The molecule has 1 aromatic carbocycles. The summed E-state index contributed by atoms with van der Waals surface area (Å²) in [6.45, 7) is -0.160. The zero-order valence-corrected chi connectivity index (χ0v) is 22.6. The first-order valence-corrected chi connectivity index (χ1v) is 13.9. The first kappa shape index (κ1) is 30.4. The van der Waals surface area contributed by atoms with Crippen LogP contribution in [0.1, 0.15) is 44.1 Å². The number of primary amides is 1. The number of hydrogen-bond acceptors (Lipinski definition) is 5. The molecule has 3 amide bonds. The lowest BCUT2D eigenvalue weighted by molar-refractivity contribution is -0.153. The molecule has 0 unspecified atom stereocenters. The number of halogens is 1. The third-order valence-corrected chi connectivity index (χ3v) is 8.75. The summed E-state index contributed by atoms with van der Waals surface area (Å²) in [6.07, 6.45) is 8.67. The topological polar surface area (TPSA) is 150 Å². The van der Waals surface area contributed by atoms with Crippen LogP contribution >= 0.6 is 24.2 Å². The normalized spacial score (nSPS) is 27.2. The van der Waals surface area contributed by atoms with Gasteiger partial charge in [0.2, 0.25) is 17.7 Å². The number of carbonyl (C=O) groups excluding carboxylic acids is 3. The predicted molar refractivity (Wildman–Crippen MR) is 146 cm³/mol. The number of rotatable bonds is 11. The summed E-state index contributed by atoms with van der Waals surface area (Å²) in [5.74, 6) is 2.01. The van der Waals surface area contributed by atoms with Crippen LogP contribution in [-0.2, 0) is 20.8 Å². The molecule has 5 rings (SSSR count). The lowest BCUT2D eigenvalue weighted by atomic mass is 9.53. The molecule has 4 aliphatic carbocycles. The van der Waals surface area contributed by atoms with E-state index in [0.29, 0.717) is 24.7 Å². The lowest BCUT2D eigenvalue weighted by Gasteiger charge is -2.58. The fourth-order valence-electron chi connectivity index (χ4n) is 6.83. The van der Waals surface area contributed by atoms with Crippen LogP contribution in [0.4, 0.5) is 0 Å². The second kappa shape index (κ2) is 13.7. The number of nitrogens with zero attached hydrogens (tertiary/aromatic N) is 1. The monoisotopic (exact) mass is 540 g/mol. The molecule has 0 spiro atoms. The summed E-state index contributed by atoms with van der Waals surface area (Å²) in [7, 11) is 0. The van der Waals surface area contributed by atoms with E-state index in [9.17, 15) is 14.4 Å². The first-order valence-electron chi connectivity index (χ1n) is 12.5. The number of benzene rings is 1. The Labute approximate surface area is 224 Å². The second-order valence-electron chi connectivity index (χ2n) is 10.4. The number of nitrogens with two attached hydrogens (primary N) is 2. The molecule has 0 aliphatic heterocycles. The maximum atomic E-state index is 13.7. The van der Waals surface area contributed by atoms with Gasteiger partial charge in [-0.25, -0.2) is 0 Å². The van der Waals surface area contributed by atoms with Crippen LogP contribution in [0.2, 0.25) is 0 Å². The van der Waals surface area contributed by atoms with E-state index in [0.717, 1.165) is 48.8 Å². The molecule has 7 N–H and O–H groups in total. The Kier molecular flexibility index (Phi) is 11.5. The number of thioether (sulfide) groups is 1. The van der Waals surface area contributed by atoms with Crippen LogP contribution in [-0.4, -0.2) is 64.8 Å². The summed E-state index contributed by atoms with van der Waals surface area (Å²) < 4.78 is 0. The summed E-state index contributed by atoms with van der Waals surface area (Å²) >= 11 is 1.63. The molecule has 4 aliphatic rings. The molecule has 1 aromatic rings. The van der Waals surface area contributed by atoms with Gasteiger partial charge in [0.15, 0.2) is 0 Å². The molecule has 10 heteroatoms. The molecule has 202 valence electrons. The van der Waals surface area contributed by atoms with Gasteiger partial charge in [0.25, 0.3) is 0 Å². The minimum atomic E-state index is -0.737. The Bertz CT molecular complexity index is 862. The van der Waals surface area contributed by atoms with E-state index in [1.54, 1.807) is 16.7 Å². The molecule has 36 heavy (non-hydrogen) atoms. The van der Waals surface area contributed by atoms with Gasteiger partial charge in [0, 0.05) is 12.5 Å². The van der Waals surface area contributed by atoms with Crippen molar-refractivity contribution in [3.63, 3.8) is 0 Å². The van der Waals surface area contributed by atoms with Crippen molar-refractivity contribution in [1.82, 2.24) is 10.2 Å². The van der Waals surface area contributed by atoms with Crippen LogP contribution < -0.4 is 16.8 Å². The van der Waals surface area contributed by atoms with Gasteiger partial charge in [-0.05, 0) is 79.8 Å². The molecule has 4 bridgehead atoms. The van der Waals surface area contributed by atoms with Crippen molar-refractivity contribution in [3.8, 4) is 0 Å². The molecule has 0 aromatic heterocycles. The van der Waals surface area contributed by atoms with Crippen molar-refractivity contribution in [2.75, 3.05) is 18.6 Å². The van der Waals surface area contributed by atoms with Crippen molar-refractivity contribution in [3.05, 3.63) is 35.9 Å². The fraction of sp³-hybridized carbons (Fsp3) is 0.654. The molecule has 0 radical (unpaired) electrons. The molecule has 0 heterocycles. The van der Waals surface area contributed by atoms with Crippen molar-refractivity contribution in [2.24, 2.45) is 35.1 Å². The van der Waals surface area contributed by atoms with Gasteiger partial charge in [0.05, 0.1) is 12.6 Å². The summed E-state index contributed by atoms with van der Waals surface area (Å²) in [5.41, 5.74) is 12.9. The maximum absolute atomic E-state index is 13.7. The third kappa shape index (κ3) is 6.94. The minimum absolute atomic E-state index is 0. The third-order valence-electron chi connectivity index (χ3n) is 8.11. The Morgan fingerprint density at radius 3 is 2.17 bits per heavy atom. The highest BCUT2D eigenvalue weighted by molar-refractivity contribution is 7.98. The SMILES string of the molecule is CSCC[C@@H](N)C(=O)NCC(=O)N(C1C2CC3CC(C2)CC1C3)[C@@H](Cc1ccccc1)C(N)=O.Cl.O. The standard InChI is InChI=1S/C26H38N4O3S.ClH.H2O/c1-34-8-7-21(27)26(33)29-15-23(31)30(22(25(28)32)14-16-5-3-2-4-6-16)24-19-10-17-9-18(12-19)13-20(24)11-17;;/h2-6,17-22,24H,7-15,27H2,1H3,(H2,28,32)(H,29,33);1H;1H2/t17?,18?,19?,20?,21-,22+,24?;;/m1../s1. The highest BCUT2D eigenvalue weighted by Gasteiger charge is 2.52. The van der Waals surface area contributed by atoms with Gasteiger partial charge in [-0.3, -0.25) is 14.4 Å². The quantitative estimate of drug-likeness (QED) is 0.389. The maximum Gasteiger partial charge on any atom is 0.242 e. The smallest absolute Gasteiger partial charge is 0.242 e. The van der Waals surface area contributed by atoms with E-state index in [-0.39, 0.29) is 42.3 Å². The van der Waals surface area contributed by atoms with Gasteiger partial charge in [0.1, 0.15) is 6.04 Å². The molecule has 4 fully saturated rings. The zero-order chi connectivity index (χ0) is 24.2. The second-order valence-corrected chi connectivity index (χ2v) is 11.4. The van der Waals surface area contributed by atoms with Crippen LogP contribution in [0, 0.1) is 23.7 Å². The number of amides is 3. The van der Waals surface area contributed by atoms with Gasteiger partial charge < -0.3 is 27.2 Å². The van der Waals surface area contributed by atoms with E-state index in [2.05, 4.69) is 5.32 Å². The molecule has 8 nitrogen and oxygen atoms in total. The van der Waals surface area contributed by atoms with Crippen molar-refractivity contribution in [2.45, 2.75) is 63.1 Å². The Balaban J connectivity index is 0.00000228. The fourth-order valence-corrected chi connectivity index (χ4v) is 7.32. The highest BCUT2D eigenvalue weighted by Crippen LogP contribution is 2.55. The van der Waals surface area contributed by atoms with Crippen molar-refractivity contribution >= 4 is 41.9 Å². The number of nitrogens with one attached hydrogen (secondary N) is 1. The average molecular weight is 541 g/mol. The molecular weight excluding hydrogens is 500 g/mol. The summed E-state index contributed by atoms with van der Waals surface area (Å²) in [5, 5.41) is 2.74. The zero-order valence-electron chi connectivity index (χ0n) is 20.9. The largest absolute Gasteiger partial charge is 0.412 e.